The molecule has 2 fully saturated rings. The predicted molar refractivity (Wildman–Crippen MR) is 106 cm³/mol. The number of ether oxygens (including phenoxy) is 1. The number of carbonyl (C=O) groups is 1. The van der Waals surface area contributed by atoms with Gasteiger partial charge in [-0.2, -0.15) is 0 Å². The molecule has 0 unspecified atom stereocenters. The number of nitrogens with zero attached hydrogens (tertiary/aromatic N) is 3. The van der Waals surface area contributed by atoms with Crippen LogP contribution >= 0.6 is 0 Å². The molecule has 0 spiro atoms. The van der Waals surface area contributed by atoms with Crippen molar-refractivity contribution in [3.05, 3.63) is 30.3 Å². The van der Waals surface area contributed by atoms with Gasteiger partial charge in [0.25, 0.3) is 5.91 Å². The van der Waals surface area contributed by atoms with E-state index in [9.17, 15) is 9.90 Å². The normalized spacial score (nSPS) is 27.1. The molecule has 1 aromatic carbocycles. The van der Waals surface area contributed by atoms with Crippen molar-refractivity contribution in [1.29, 1.82) is 0 Å². The lowest BCUT2D eigenvalue weighted by molar-refractivity contribution is -0.135. The van der Waals surface area contributed by atoms with Gasteiger partial charge in [0.05, 0.1) is 12.6 Å². The molecule has 2 aliphatic heterocycles. The van der Waals surface area contributed by atoms with Crippen LogP contribution in [0.3, 0.4) is 0 Å². The van der Waals surface area contributed by atoms with Crippen molar-refractivity contribution in [2.45, 2.75) is 19.4 Å². The summed E-state index contributed by atoms with van der Waals surface area (Å²) in [6.45, 7) is 8.20. The Hall–Kier alpha value is -1.63. The van der Waals surface area contributed by atoms with Gasteiger partial charge in [-0.3, -0.25) is 4.79 Å². The Balaban J connectivity index is 1.61. The monoisotopic (exact) mass is 375 g/mol. The van der Waals surface area contributed by atoms with E-state index in [1.165, 1.54) is 0 Å². The third kappa shape index (κ3) is 5.00. The number of benzene rings is 1. The van der Waals surface area contributed by atoms with Crippen LogP contribution in [-0.4, -0.2) is 91.3 Å². The second-order valence-electron chi connectivity index (χ2n) is 7.83. The van der Waals surface area contributed by atoms with Crippen LogP contribution < -0.4 is 4.74 Å². The van der Waals surface area contributed by atoms with Crippen LogP contribution in [0.15, 0.2) is 30.3 Å². The van der Waals surface area contributed by atoms with E-state index < -0.39 is 0 Å². The summed E-state index contributed by atoms with van der Waals surface area (Å²) in [7, 11) is 2.16. The molecule has 3 rings (SSSR count). The van der Waals surface area contributed by atoms with Gasteiger partial charge in [-0.1, -0.05) is 31.5 Å². The zero-order chi connectivity index (χ0) is 19.2. The van der Waals surface area contributed by atoms with E-state index in [4.69, 9.17) is 4.74 Å². The van der Waals surface area contributed by atoms with Gasteiger partial charge < -0.3 is 24.5 Å². The third-order valence-corrected chi connectivity index (χ3v) is 6.13. The molecule has 3 atom stereocenters. The molecular weight excluding hydrogens is 342 g/mol. The Kier molecular flexibility index (Phi) is 7.10. The second kappa shape index (κ2) is 9.53. The summed E-state index contributed by atoms with van der Waals surface area (Å²) in [5, 5.41) is 10.1. The SMILES string of the molecule is CC[C@@H]1CN(C(=O)COc2ccccc2)[C@H](CO)[C@@H]1CN1CCN(C)CC1. The Morgan fingerprint density at radius 2 is 1.89 bits per heavy atom. The largest absolute Gasteiger partial charge is 0.484 e. The lowest BCUT2D eigenvalue weighted by Gasteiger charge is -2.36. The van der Waals surface area contributed by atoms with Crippen molar-refractivity contribution in [1.82, 2.24) is 14.7 Å². The summed E-state index contributed by atoms with van der Waals surface area (Å²) in [5.74, 6) is 1.43. The Labute approximate surface area is 162 Å². The summed E-state index contributed by atoms with van der Waals surface area (Å²) in [5.41, 5.74) is 0. The van der Waals surface area contributed by atoms with Gasteiger partial charge >= 0.3 is 0 Å². The van der Waals surface area contributed by atoms with Gasteiger partial charge in [0.2, 0.25) is 0 Å². The number of hydrogen-bond donors (Lipinski definition) is 1. The van der Waals surface area contributed by atoms with Gasteiger partial charge in [0.1, 0.15) is 5.75 Å². The second-order valence-corrected chi connectivity index (χ2v) is 7.83. The van der Waals surface area contributed by atoms with Crippen molar-refractivity contribution in [2.24, 2.45) is 11.8 Å². The minimum Gasteiger partial charge on any atom is -0.484 e. The van der Waals surface area contributed by atoms with Crippen LogP contribution in [0.25, 0.3) is 0 Å². The zero-order valence-electron chi connectivity index (χ0n) is 16.6. The number of rotatable bonds is 7. The maximum atomic E-state index is 12.8. The van der Waals surface area contributed by atoms with E-state index in [2.05, 4.69) is 23.8 Å². The standard InChI is InChI=1S/C21H33N3O3/c1-3-17-13-24(21(26)16-27-18-7-5-4-6-8-18)20(15-25)19(17)14-23-11-9-22(2)10-12-23/h4-8,17,19-20,25H,3,9-16H2,1-2H3/t17-,19-,20-/m1/s1. The zero-order valence-corrected chi connectivity index (χ0v) is 16.6. The van der Waals surface area contributed by atoms with E-state index in [1.54, 1.807) is 0 Å². The van der Waals surface area contributed by atoms with E-state index in [1.807, 2.05) is 35.2 Å². The molecule has 0 bridgehead atoms. The number of para-hydroxylation sites is 1. The van der Waals surface area contributed by atoms with Crippen LogP contribution in [0.4, 0.5) is 0 Å². The highest BCUT2D eigenvalue weighted by molar-refractivity contribution is 5.78. The van der Waals surface area contributed by atoms with Crippen LogP contribution in [0.2, 0.25) is 0 Å². The van der Waals surface area contributed by atoms with E-state index >= 15 is 0 Å². The summed E-state index contributed by atoms with van der Waals surface area (Å²) < 4.78 is 5.65. The number of aliphatic hydroxyl groups is 1. The number of likely N-dealkylation sites (tertiary alicyclic amines) is 1. The van der Waals surface area contributed by atoms with Crippen LogP contribution in [0.5, 0.6) is 5.75 Å². The predicted octanol–water partition coefficient (Wildman–Crippen LogP) is 1.16. The molecule has 0 radical (unpaired) electrons. The summed E-state index contributed by atoms with van der Waals surface area (Å²) >= 11 is 0. The van der Waals surface area contributed by atoms with Crippen LogP contribution in [-0.2, 0) is 4.79 Å². The van der Waals surface area contributed by atoms with Gasteiger partial charge in [-0.05, 0) is 31.0 Å². The number of hydrogen-bond acceptors (Lipinski definition) is 5. The molecular formula is C21H33N3O3. The number of aliphatic hydroxyl groups excluding tert-OH is 1. The lowest BCUT2D eigenvalue weighted by atomic mass is 9.88. The first-order valence-corrected chi connectivity index (χ1v) is 10.1. The Bertz CT molecular complexity index is 590. The molecule has 27 heavy (non-hydrogen) atoms. The fourth-order valence-corrected chi connectivity index (χ4v) is 4.37. The number of amides is 1. The first kappa shape index (κ1) is 20.1. The minimum atomic E-state index is -0.110. The summed E-state index contributed by atoms with van der Waals surface area (Å²) in [4.78, 5) is 19.5. The average Bonchev–Trinajstić information content (AvgIpc) is 3.06. The molecule has 0 aliphatic carbocycles. The topological polar surface area (TPSA) is 56.3 Å². The molecule has 6 nitrogen and oxygen atoms in total. The fraction of sp³-hybridized carbons (Fsp3) is 0.667. The highest BCUT2D eigenvalue weighted by Crippen LogP contribution is 2.33. The summed E-state index contributed by atoms with van der Waals surface area (Å²) in [6.07, 6.45) is 1.03. The maximum Gasteiger partial charge on any atom is 0.260 e. The number of likely N-dealkylation sites (N-methyl/N-ethyl adjacent to an activating group) is 1. The molecule has 1 amide bonds. The number of piperazine rings is 1. The van der Waals surface area contributed by atoms with Crippen molar-refractivity contribution in [3.8, 4) is 5.75 Å². The minimum absolute atomic E-state index is 0.0198. The molecule has 150 valence electrons. The summed E-state index contributed by atoms with van der Waals surface area (Å²) in [6, 6.07) is 9.31. The van der Waals surface area contributed by atoms with Gasteiger partial charge in [0, 0.05) is 39.3 Å². The van der Waals surface area contributed by atoms with Crippen molar-refractivity contribution in [3.63, 3.8) is 0 Å². The quantitative estimate of drug-likeness (QED) is 0.775. The van der Waals surface area contributed by atoms with Crippen LogP contribution in [0.1, 0.15) is 13.3 Å². The molecule has 6 heteroatoms. The highest BCUT2D eigenvalue weighted by Gasteiger charge is 2.43. The van der Waals surface area contributed by atoms with E-state index in [-0.39, 0.29) is 25.2 Å². The third-order valence-electron chi connectivity index (χ3n) is 6.13. The molecule has 2 aliphatic rings. The van der Waals surface area contributed by atoms with Crippen molar-refractivity contribution < 1.29 is 14.6 Å². The van der Waals surface area contributed by atoms with Gasteiger partial charge in [0.15, 0.2) is 6.61 Å². The molecule has 0 aromatic heterocycles. The van der Waals surface area contributed by atoms with Gasteiger partial charge in [-0.15, -0.1) is 0 Å². The Morgan fingerprint density at radius 1 is 1.19 bits per heavy atom. The molecule has 0 saturated carbocycles. The molecule has 1 aromatic rings. The smallest absolute Gasteiger partial charge is 0.260 e. The first-order chi connectivity index (χ1) is 13.1. The number of carbonyl (C=O) groups excluding carboxylic acids is 1. The van der Waals surface area contributed by atoms with Crippen molar-refractivity contribution >= 4 is 5.91 Å². The van der Waals surface area contributed by atoms with Gasteiger partial charge in [-0.25, -0.2) is 0 Å². The van der Waals surface area contributed by atoms with E-state index in [0.717, 1.165) is 45.7 Å². The lowest BCUT2D eigenvalue weighted by Crippen LogP contribution is -2.49. The van der Waals surface area contributed by atoms with Crippen LogP contribution in [0, 0.1) is 11.8 Å². The Morgan fingerprint density at radius 3 is 2.52 bits per heavy atom. The maximum absolute atomic E-state index is 12.8. The average molecular weight is 376 g/mol. The van der Waals surface area contributed by atoms with Crippen molar-refractivity contribution in [2.75, 3.05) is 59.5 Å². The van der Waals surface area contributed by atoms with E-state index in [0.29, 0.717) is 17.6 Å². The molecule has 2 saturated heterocycles. The molecule has 2 heterocycles. The first-order valence-electron chi connectivity index (χ1n) is 10.1. The highest BCUT2D eigenvalue weighted by atomic mass is 16.5. The fourth-order valence-electron chi connectivity index (χ4n) is 4.37. The molecule has 1 N–H and O–H groups in total.